The number of rotatable bonds is 5. The molecule has 0 radical (unpaired) electrons. The number of fused-ring (bicyclic) bond motifs is 1. The number of aliphatic imine (C=N–C) groups is 1. The Morgan fingerprint density at radius 1 is 1.04 bits per heavy atom. The van der Waals surface area contributed by atoms with Crippen molar-refractivity contribution in [1.29, 1.82) is 0 Å². The Kier molecular flexibility index (Phi) is 5.56. The van der Waals surface area contributed by atoms with Gasteiger partial charge in [-0.1, -0.05) is 18.2 Å². The van der Waals surface area contributed by atoms with Gasteiger partial charge in [-0.25, -0.2) is 0 Å². The summed E-state index contributed by atoms with van der Waals surface area (Å²) in [7, 11) is 3.49. The van der Waals surface area contributed by atoms with Crippen molar-refractivity contribution in [3.05, 3.63) is 63.8 Å². The minimum Gasteiger partial charge on any atom is -0.497 e. The maximum absolute atomic E-state index is 5.28. The lowest BCUT2D eigenvalue weighted by atomic mass is 10.1. The second-order valence-electron chi connectivity index (χ2n) is 5.85. The molecule has 25 heavy (non-hydrogen) atoms. The molecule has 0 bridgehead atoms. The lowest BCUT2D eigenvalue weighted by Crippen LogP contribution is -2.36. The summed E-state index contributed by atoms with van der Waals surface area (Å²) in [5.41, 5.74) is 2.53. The van der Waals surface area contributed by atoms with Crippen molar-refractivity contribution in [1.82, 2.24) is 10.6 Å². The molecule has 0 saturated carbocycles. The van der Waals surface area contributed by atoms with Gasteiger partial charge in [-0.3, -0.25) is 4.99 Å². The predicted octanol–water partition coefficient (Wildman–Crippen LogP) is 4.08. The Hall–Kier alpha value is -2.53. The van der Waals surface area contributed by atoms with Crippen LogP contribution in [0, 0.1) is 6.92 Å². The Bertz CT molecular complexity index is 886. The fourth-order valence-corrected chi connectivity index (χ4v) is 3.51. The smallest absolute Gasteiger partial charge is 0.191 e. The van der Waals surface area contributed by atoms with E-state index >= 15 is 0 Å². The normalized spacial score (nSPS) is 11.6. The molecular formula is C20H23N3OS. The van der Waals surface area contributed by atoms with Crippen LogP contribution in [0.25, 0.3) is 10.8 Å². The van der Waals surface area contributed by atoms with E-state index in [1.807, 2.05) is 6.07 Å². The number of thiophene rings is 1. The van der Waals surface area contributed by atoms with Gasteiger partial charge in [0.1, 0.15) is 5.75 Å². The zero-order valence-corrected chi connectivity index (χ0v) is 15.6. The van der Waals surface area contributed by atoms with Crippen LogP contribution in [0.1, 0.15) is 16.0 Å². The number of benzene rings is 2. The lowest BCUT2D eigenvalue weighted by molar-refractivity contribution is 0.415. The standard InChI is InChI=1S/C20H23N3OS/c1-14-8-9-25-19(14)13-23-20(21-2)22-12-15-4-5-17-11-18(24-3)7-6-16(17)10-15/h4-11H,12-13H2,1-3H3,(H2,21,22,23). The summed E-state index contributed by atoms with van der Waals surface area (Å²) in [6.07, 6.45) is 0. The summed E-state index contributed by atoms with van der Waals surface area (Å²) < 4.78 is 5.28. The Morgan fingerprint density at radius 2 is 1.80 bits per heavy atom. The maximum Gasteiger partial charge on any atom is 0.191 e. The molecule has 2 aromatic carbocycles. The summed E-state index contributed by atoms with van der Waals surface area (Å²) in [6, 6.07) is 14.7. The predicted molar refractivity (Wildman–Crippen MR) is 107 cm³/mol. The number of ether oxygens (including phenoxy) is 1. The Balaban J connectivity index is 1.61. The molecule has 0 aliphatic carbocycles. The topological polar surface area (TPSA) is 45.7 Å². The molecule has 4 nitrogen and oxygen atoms in total. The first-order valence-electron chi connectivity index (χ1n) is 8.24. The van der Waals surface area contributed by atoms with Crippen molar-refractivity contribution in [2.45, 2.75) is 20.0 Å². The monoisotopic (exact) mass is 353 g/mol. The average Bonchev–Trinajstić information content (AvgIpc) is 3.06. The zero-order chi connectivity index (χ0) is 17.6. The first-order valence-corrected chi connectivity index (χ1v) is 9.11. The van der Waals surface area contributed by atoms with E-state index in [-0.39, 0.29) is 0 Å². The third-order valence-corrected chi connectivity index (χ3v) is 5.20. The van der Waals surface area contributed by atoms with Gasteiger partial charge in [0.2, 0.25) is 0 Å². The van der Waals surface area contributed by atoms with Crippen molar-refractivity contribution in [3.63, 3.8) is 0 Å². The van der Waals surface area contributed by atoms with E-state index < -0.39 is 0 Å². The highest BCUT2D eigenvalue weighted by Gasteiger charge is 2.03. The van der Waals surface area contributed by atoms with Crippen molar-refractivity contribution < 1.29 is 4.74 Å². The van der Waals surface area contributed by atoms with Crippen molar-refractivity contribution in [3.8, 4) is 5.75 Å². The second kappa shape index (κ2) is 8.03. The summed E-state index contributed by atoms with van der Waals surface area (Å²) >= 11 is 1.77. The van der Waals surface area contributed by atoms with Gasteiger partial charge in [-0.2, -0.15) is 0 Å². The van der Waals surface area contributed by atoms with Crippen LogP contribution in [0.2, 0.25) is 0 Å². The van der Waals surface area contributed by atoms with Crippen LogP contribution >= 0.6 is 11.3 Å². The fraction of sp³-hybridized carbons (Fsp3) is 0.250. The van der Waals surface area contributed by atoms with Crippen LogP contribution in [0.4, 0.5) is 0 Å². The van der Waals surface area contributed by atoms with Crippen LogP contribution in [0.5, 0.6) is 5.75 Å². The summed E-state index contributed by atoms with van der Waals surface area (Å²) in [5, 5.41) is 11.2. The number of nitrogens with zero attached hydrogens (tertiary/aromatic N) is 1. The van der Waals surface area contributed by atoms with E-state index in [9.17, 15) is 0 Å². The Labute approximate surface area is 152 Å². The van der Waals surface area contributed by atoms with Gasteiger partial charge in [0.25, 0.3) is 0 Å². The number of guanidine groups is 1. The van der Waals surface area contributed by atoms with Gasteiger partial charge < -0.3 is 15.4 Å². The zero-order valence-electron chi connectivity index (χ0n) is 14.8. The third kappa shape index (κ3) is 4.31. The molecule has 130 valence electrons. The van der Waals surface area contributed by atoms with Gasteiger partial charge in [0.15, 0.2) is 5.96 Å². The molecular weight excluding hydrogens is 330 g/mol. The van der Waals surface area contributed by atoms with Crippen molar-refractivity contribution in [2.75, 3.05) is 14.2 Å². The summed E-state index contributed by atoms with van der Waals surface area (Å²) in [6.45, 7) is 3.65. The average molecular weight is 353 g/mol. The van der Waals surface area contributed by atoms with E-state index in [1.54, 1.807) is 25.5 Å². The molecule has 0 fully saturated rings. The third-order valence-electron chi connectivity index (χ3n) is 4.18. The second-order valence-corrected chi connectivity index (χ2v) is 6.85. The van der Waals surface area contributed by atoms with Crippen LogP contribution in [-0.2, 0) is 13.1 Å². The number of hydrogen-bond donors (Lipinski definition) is 2. The van der Waals surface area contributed by atoms with Gasteiger partial charge in [0.05, 0.1) is 13.7 Å². The quantitative estimate of drug-likeness (QED) is 0.536. The molecule has 5 heteroatoms. The van der Waals surface area contributed by atoms with E-state index in [4.69, 9.17) is 4.74 Å². The molecule has 2 N–H and O–H groups in total. The fourth-order valence-electron chi connectivity index (χ4n) is 2.67. The van der Waals surface area contributed by atoms with Crippen molar-refractivity contribution in [2.24, 2.45) is 4.99 Å². The number of aryl methyl sites for hydroxylation is 1. The van der Waals surface area contributed by atoms with E-state index in [1.165, 1.54) is 26.8 Å². The van der Waals surface area contributed by atoms with Crippen LogP contribution in [0.3, 0.4) is 0 Å². The summed E-state index contributed by atoms with van der Waals surface area (Å²) in [4.78, 5) is 5.64. The van der Waals surface area contributed by atoms with E-state index in [2.05, 4.69) is 64.3 Å². The Morgan fingerprint density at radius 3 is 2.52 bits per heavy atom. The van der Waals surface area contributed by atoms with Crippen LogP contribution < -0.4 is 15.4 Å². The van der Waals surface area contributed by atoms with E-state index in [0.717, 1.165) is 24.8 Å². The first kappa shape index (κ1) is 17.3. The minimum absolute atomic E-state index is 0.727. The first-order chi connectivity index (χ1) is 12.2. The highest BCUT2D eigenvalue weighted by Crippen LogP contribution is 2.21. The largest absolute Gasteiger partial charge is 0.497 e. The molecule has 0 aliphatic rings. The number of nitrogens with one attached hydrogen (secondary N) is 2. The van der Waals surface area contributed by atoms with E-state index in [0.29, 0.717) is 0 Å². The molecule has 0 saturated heterocycles. The molecule has 3 aromatic rings. The number of hydrogen-bond acceptors (Lipinski definition) is 3. The van der Waals surface area contributed by atoms with Gasteiger partial charge in [-0.05, 0) is 58.5 Å². The van der Waals surface area contributed by atoms with Gasteiger partial charge >= 0.3 is 0 Å². The number of methoxy groups -OCH3 is 1. The molecule has 3 rings (SSSR count). The SMILES string of the molecule is CN=C(NCc1ccc2cc(OC)ccc2c1)NCc1sccc1C. The molecule has 0 atom stereocenters. The van der Waals surface area contributed by atoms with Gasteiger partial charge in [0, 0.05) is 18.5 Å². The highest BCUT2D eigenvalue weighted by molar-refractivity contribution is 7.10. The van der Waals surface area contributed by atoms with Gasteiger partial charge in [-0.15, -0.1) is 11.3 Å². The molecule has 0 amide bonds. The molecule has 1 aromatic heterocycles. The minimum atomic E-state index is 0.727. The maximum atomic E-state index is 5.28. The molecule has 0 unspecified atom stereocenters. The molecule has 1 heterocycles. The highest BCUT2D eigenvalue weighted by atomic mass is 32.1. The lowest BCUT2D eigenvalue weighted by Gasteiger charge is -2.12. The molecule has 0 spiro atoms. The van der Waals surface area contributed by atoms with Crippen LogP contribution in [0.15, 0.2) is 52.8 Å². The summed E-state index contributed by atoms with van der Waals surface area (Å²) in [5.74, 6) is 1.69. The molecule has 0 aliphatic heterocycles. The van der Waals surface area contributed by atoms with Crippen molar-refractivity contribution >= 4 is 28.1 Å². The van der Waals surface area contributed by atoms with Crippen LogP contribution in [-0.4, -0.2) is 20.1 Å².